The van der Waals surface area contributed by atoms with E-state index in [0.717, 1.165) is 6.20 Å². The van der Waals surface area contributed by atoms with Gasteiger partial charge in [0.25, 0.3) is 10.0 Å². The van der Waals surface area contributed by atoms with Gasteiger partial charge in [-0.1, -0.05) is 0 Å². The number of carboxylic acids is 1. The third-order valence-corrected chi connectivity index (χ3v) is 4.49. The molecule has 1 aromatic rings. The number of nitrogens with zero attached hydrogens (tertiary/aromatic N) is 2. The van der Waals surface area contributed by atoms with E-state index in [1.807, 2.05) is 0 Å². The predicted molar refractivity (Wildman–Crippen MR) is 73.7 cm³/mol. The number of hydrogen-bond donors (Lipinski definition) is 1. The van der Waals surface area contributed by atoms with E-state index in [9.17, 15) is 13.2 Å². The maximum Gasteiger partial charge on any atom is 0.337 e. The summed E-state index contributed by atoms with van der Waals surface area (Å²) < 4.78 is 35.8. The summed E-state index contributed by atoms with van der Waals surface area (Å²) >= 11 is 0. The molecule has 21 heavy (non-hydrogen) atoms. The molecular formula is C12H18N2O6S. The Hall–Kier alpha value is -1.55. The van der Waals surface area contributed by atoms with Gasteiger partial charge in [-0.05, 0) is 12.1 Å². The van der Waals surface area contributed by atoms with E-state index in [1.54, 1.807) is 0 Å². The number of methoxy groups -OCH3 is 2. The maximum atomic E-state index is 12.4. The van der Waals surface area contributed by atoms with Gasteiger partial charge in [0, 0.05) is 33.5 Å². The van der Waals surface area contributed by atoms with Gasteiger partial charge in [-0.25, -0.2) is 18.2 Å². The Morgan fingerprint density at radius 3 is 2.19 bits per heavy atom. The lowest BCUT2D eigenvalue weighted by Crippen LogP contribution is -2.36. The zero-order chi connectivity index (χ0) is 15.9. The number of sulfonamides is 1. The van der Waals surface area contributed by atoms with Crippen LogP contribution in [0.5, 0.6) is 0 Å². The summed E-state index contributed by atoms with van der Waals surface area (Å²) in [7, 11) is -0.872. The number of carboxylic acid groups (broad SMARTS) is 1. The minimum absolute atomic E-state index is 0.0747. The number of aromatic carboxylic acids is 1. The minimum atomic E-state index is -3.82. The van der Waals surface area contributed by atoms with Crippen molar-refractivity contribution in [2.24, 2.45) is 0 Å². The van der Waals surface area contributed by atoms with Crippen molar-refractivity contribution in [3.8, 4) is 0 Å². The molecule has 0 spiro atoms. The largest absolute Gasteiger partial charge is 0.478 e. The molecule has 0 amide bonds. The number of carbonyl (C=O) groups is 1. The summed E-state index contributed by atoms with van der Waals surface area (Å²) in [4.78, 5) is 14.5. The molecule has 0 aliphatic heterocycles. The number of rotatable bonds is 9. The Morgan fingerprint density at radius 1 is 1.24 bits per heavy atom. The second kappa shape index (κ2) is 8.03. The van der Waals surface area contributed by atoms with E-state index >= 15 is 0 Å². The van der Waals surface area contributed by atoms with E-state index in [-0.39, 0.29) is 36.9 Å². The molecular weight excluding hydrogens is 300 g/mol. The van der Waals surface area contributed by atoms with E-state index in [1.165, 1.54) is 30.7 Å². The zero-order valence-corrected chi connectivity index (χ0v) is 12.7. The first-order chi connectivity index (χ1) is 9.93. The minimum Gasteiger partial charge on any atom is -0.478 e. The Labute approximate surface area is 123 Å². The van der Waals surface area contributed by atoms with Gasteiger partial charge in [0.05, 0.1) is 18.8 Å². The van der Waals surface area contributed by atoms with Crippen molar-refractivity contribution < 1.29 is 27.8 Å². The molecule has 0 atom stereocenters. The molecule has 0 fully saturated rings. The van der Waals surface area contributed by atoms with Crippen LogP contribution in [0.2, 0.25) is 0 Å². The van der Waals surface area contributed by atoms with Gasteiger partial charge in [-0.3, -0.25) is 0 Å². The topological polar surface area (TPSA) is 106 Å². The zero-order valence-electron chi connectivity index (χ0n) is 11.9. The van der Waals surface area contributed by atoms with Crippen molar-refractivity contribution in [2.45, 2.75) is 5.03 Å². The molecule has 0 bridgehead atoms. The molecule has 1 N–H and O–H groups in total. The van der Waals surface area contributed by atoms with Crippen molar-refractivity contribution >= 4 is 16.0 Å². The molecule has 0 aliphatic rings. The first-order valence-corrected chi connectivity index (χ1v) is 7.55. The third kappa shape index (κ3) is 4.74. The molecule has 0 saturated carbocycles. The number of aromatic nitrogens is 1. The van der Waals surface area contributed by atoms with Gasteiger partial charge in [0.1, 0.15) is 0 Å². The Kier molecular flexibility index (Phi) is 6.69. The quantitative estimate of drug-likeness (QED) is 0.686. The highest BCUT2D eigenvalue weighted by atomic mass is 32.2. The van der Waals surface area contributed by atoms with E-state index in [2.05, 4.69) is 4.98 Å². The lowest BCUT2D eigenvalue weighted by molar-refractivity contribution is 0.0696. The van der Waals surface area contributed by atoms with Crippen LogP contribution in [-0.4, -0.2) is 69.3 Å². The van der Waals surface area contributed by atoms with Gasteiger partial charge < -0.3 is 14.6 Å². The molecule has 8 nitrogen and oxygen atoms in total. The van der Waals surface area contributed by atoms with Crippen LogP contribution in [0.4, 0.5) is 0 Å². The fourth-order valence-corrected chi connectivity index (χ4v) is 2.85. The van der Waals surface area contributed by atoms with E-state index < -0.39 is 16.0 Å². The Balaban J connectivity index is 3.00. The van der Waals surface area contributed by atoms with Crippen LogP contribution in [0.15, 0.2) is 23.4 Å². The summed E-state index contributed by atoms with van der Waals surface area (Å²) in [5.41, 5.74) is -0.0747. The first kappa shape index (κ1) is 17.5. The van der Waals surface area contributed by atoms with Crippen LogP contribution in [0.1, 0.15) is 10.4 Å². The van der Waals surface area contributed by atoms with Gasteiger partial charge in [0.2, 0.25) is 0 Å². The molecule has 1 heterocycles. The normalized spacial score (nSPS) is 11.8. The Morgan fingerprint density at radius 2 is 1.81 bits per heavy atom. The van der Waals surface area contributed by atoms with Crippen LogP contribution in [0.3, 0.4) is 0 Å². The van der Waals surface area contributed by atoms with E-state index in [0.29, 0.717) is 0 Å². The third-order valence-electron chi connectivity index (χ3n) is 2.68. The predicted octanol–water partition coefficient (Wildman–Crippen LogP) is 0.0633. The lowest BCUT2D eigenvalue weighted by atomic mass is 10.3. The molecule has 1 aromatic heterocycles. The molecule has 0 radical (unpaired) electrons. The second-order valence-corrected chi connectivity index (χ2v) is 5.96. The smallest absolute Gasteiger partial charge is 0.337 e. The van der Waals surface area contributed by atoms with Gasteiger partial charge in [-0.15, -0.1) is 0 Å². The summed E-state index contributed by atoms with van der Waals surface area (Å²) in [6, 6.07) is 2.37. The van der Waals surface area contributed by atoms with Crippen molar-refractivity contribution in [3.05, 3.63) is 23.9 Å². The van der Waals surface area contributed by atoms with Gasteiger partial charge in [0.15, 0.2) is 5.03 Å². The number of pyridine rings is 1. The molecule has 0 aliphatic carbocycles. The van der Waals surface area contributed by atoms with Crippen LogP contribution in [0.25, 0.3) is 0 Å². The number of ether oxygens (including phenoxy) is 2. The van der Waals surface area contributed by atoms with Crippen LogP contribution in [-0.2, 0) is 19.5 Å². The SMILES string of the molecule is COCCN(CCOC)S(=O)(=O)c1ccc(C(=O)O)cn1. The van der Waals surface area contributed by atoms with Crippen molar-refractivity contribution in [1.82, 2.24) is 9.29 Å². The molecule has 9 heteroatoms. The fraction of sp³-hybridized carbons (Fsp3) is 0.500. The highest BCUT2D eigenvalue weighted by Gasteiger charge is 2.25. The van der Waals surface area contributed by atoms with Crippen LogP contribution in [0, 0.1) is 0 Å². The summed E-state index contributed by atoms with van der Waals surface area (Å²) in [5, 5.41) is 8.58. The second-order valence-electron chi connectivity index (χ2n) is 4.08. The standard InChI is InChI=1S/C12H18N2O6S/c1-19-7-5-14(6-8-20-2)21(17,18)11-4-3-10(9-13-11)12(15)16/h3-4,9H,5-8H2,1-2H3,(H,15,16). The fourth-order valence-electron chi connectivity index (χ4n) is 1.53. The molecule has 0 unspecified atom stereocenters. The molecule has 0 saturated heterocycles. The average molecular weight is 318 g/mol. The average Bonchev–Trinajstić information content (AvgIpc) is 2.47. The molecule has 1 rings (SSSR count). The Bertz CT molecular complexity index is 550. The molecule has 118 valence electrons. The highest BCUT2D eigenvalue weighted by molar-refractivity contribution is 7.89. The first-order valence-electron chi connectivity index (χ1n) is 6.11. The van der Waals surface area contributed by atoms with Crippen molar-refractivity contribution in [1.29, 1.82) is 0 Å². The number of hydrogen-bond acceptors (Lipinski definition) is 6. The monoisotopic (exact) mass is 318 g/mol. The van der Waals surface area contributed by atoms with Crippen LogP contribution < -0.4 is 0 Å². The van der Waals surface area contributed by atoms with Gasteiger partial charge in [-0.2, -0.15) is 4.31 Å². The summed E-state index contributed by atoms with van der Waals surface area (Å²) in [6.07, 6.45) is 1.01. The van der Waals surface area contributed by atoms with Crippen LogP contribution >= 0.6 is 0 Å². The van der Waals surface area contributed by atoms with Gasteiger partial charge >= 0.3 is 5.97 Å². The maximum absolute atomic E-state index is 12.4. The molecule has 0 aromatic carbocycles. The summed E-state index contributed by atoms with van der Waals surface area (Å²) in [5.74, 6) is -1.16. The summed E-state index contributed by atoms with van der Waals surface area (Å²) in [6.45, 7) is 0.779. The lowest BCUT2D eigenvalue weighted by Gasteiger charge is -2.20. The van der Waals surface area contributed by atoms with E-state index in [4.69, 9.17) is 14.6 Å². The van der Waals surface area contributed by atoms with Crippen molar-refractivity contribution in [3.63, 3.8) is 0 Å². The highest BCUT2D eigenvalue weighted by Crippen LogP contribution is 2.13. The van der Waals surface area contributed by atoms with Crippen molar-refractivity contribution in [2.75, 3.05) is 40.5 Å².